The van der Waals surface area contributed by atoms with Crippen molar-refractivity contribution in [1.82, 2.24) is 15.5 Å². The van der Waals surface area contributed by atoms with Crippen LogP contribution in [0.5, 0.6) is 0 Å². The number of hydrogen-bond acceptors (Lipinski definition) is 7. The summed E-state index contributed by atoms with van der Waals surface area (Å²) < 4.78 is 18.3. The first-order chi connectivity index (χ1) is 23.4. The maximum atomic E-state index is 12.8. The number of aliphatic hydroxyl groups excluding tert-OH is 1. The number of methoxy groups -OCH3 is 1. The van der Waals surface area contributed by atoms with E-state index in [0.29, 0.717) is 12.5 Å². The van der Waals surface area contributed by atoms with Crippen molar-refractivity contribution in [2.24, 2.45) is 5.92 Å². The van der Waals surface area contributed by atoms with Gasteiger partial charge in [0.1, 0.15) is 6.04 Å². The summed E-state index contributed by atoms with van der Waals surface area (Å²) in [6.45, 7) is 8.09. The molecule has 0 radical (unpaired) electrons. The fraction of sp³-hybridized carbons (Fsp3) is 0.436. The number of aliphatic hydroxyl groups is 1. The van der Waals surface area contributed by atoms with E-state index in [0.717, 1.165) is 40.9 Å². The molecule has 0 bridgehead atoms. The highest BCUT2D eigenvalue weighted by atomic mass is 16.7. The van der Waals surface area contributed by atoms with Gasteiger partial charge in [0.05, 0.1) is 25.9 Å². The lowest BCUT2D eigenvalue weighted by Crippen LogP contribution is -2.47. The van der Waals surface area contributed by atoms with Crippen LogP contribution in [0.15, 0.2) is 91.5 Å². The van der Waals surface area contributed by atoms with Gasteiger partial charge in [-0.2, -0.15) is 0 Å². The van der Waals surface area contributed by atoms with Gasteiger partial charge in [0, 0.05) is 43.6 Å². The zero-order valence-electron chi connectivity index (χ0n) is 28.1. The summed E-state index contributed by atoms with van der Waals surface area (Å²) >= 11 is 0. The quantitative estimate of drug-likeness (QED) is 0.145. The first kappa shape index (κ1) is 35.3. The van der Waals surface area contributed by atoms with E-state index in [1.165, 1.54) is 32.8 Å². The van der Waals surface area contributed by atoms with Crippen molar-refractivity contribution in [3.8, 4) is 0 Å². The molecule has 9 nitrogen and oxygen atoms in total. The molecule has 2 fully saturated rings. The molecule has 1 saturated heterocycles. The highest BCUT2D eigenvalue weighted by Crippen LogP contribution is 2.42. The number of urea groups is 1. The van der Waals surface area contributed by atoms with E-state index in [9.17, 15) is 14.7 Å². The first-order valence-electron chi connectivity index (χ1n) is 17.0. The van der Waals surface area contributed by atoms with Crippen LogP contribution >= 0.6 is 0 Å². The standard InChI is InChI=1S/C39H49N3O6/c1-4-22-42(33-12-8-9-13-33)25-35-27(2)36(31-18-16-30(26-43)17-19-31)48-38(47-35)32-20-14-29(15-21-32)24-40-39(45)41-34(37(44)46-3)23-28-10-6-5-7-11-28/h4-7,10-11,14-21,27,33-36,38,43H,1,8-9,12-13,22-26H2,2-3H3,(H2,40,41,45)/t27-,34+,35+,36+,38+/m1/s1. The van der Waals surface area contributed by atoms with Gasteiger partial charge < -0.3 is 30.0 Å². The Balaban J connectivity index is 1.26. The van der Waals surface area contributed by atoms with Crippen LogP contribution in [0, 0.1) is 5.92 Å². The Morgan fingerprint density at radius 2 is 1.62 bits per heavy atom. The molecule has 3 aromatic rings. The largest absolute Gasteiger partial charge is 0.467 e. The van der Waals surface area contributed by atoms with Crippen LogP contribution in [0.2, 0.25) is 0 Å². The molecule has 3 aromatic carbocycles. The van der Waals surface area contributed by atoms with Crippen molar-refractivity contribution in [3.63, 3.8) is 0 Å². The first-order valence-corrected chi connectivity index (χ1v) is 17.0. The number of benzene rings is 3. The summed E-state index contributed by atoms with van der Waals surface area (Å²) in [4.78, 5) is 27.6. The molecule has 0 unspecified atom stereocenters. The van der Waals surface area contributed by atoms with Gasteiger partial charge in [-0.25, -0.2) is 9.59 Å². The molecular weight excluding hydrogens is 606 g/mol. The summed E-state index contributed by atoms with van der Waals surface area (Å²) in [5.41, 5.74) is 4.62. The fourth-order valence-electron chi connectivity index (χ4n) is 6.74. The van der Waals surface area contributed by atoms with Gasteiger partial charge in [-0.3, -0.25) is 4.90 Å². The van der Waals surface area contributed by atoms with Gasteiger partial charge >= 0.3 is 12.0 Å². The minimum absolute atomic E-state index is 0.00393. The number of ether oxygens (including phenoxy) is 3. The van der Waals surface area contributed by atoms with Crippen LogP contribution in [-0.4, -0.2) is 60.4 Å². The molecule has 1 saturated carbocycles. The van der Waals surface area contributed by atoms with Crippen LogP contribution in [0.1, 0.15) is 72.8 Å². The van der Waals surface area contributed by atoms with Crippen molar-refractivity contribution in [1.29, 1.82) is 0 Å². The second kappa shape index (κ2) is 17.4. The third-order valence-electron chi connectivity index (χ3n) is 9.52. The van der Waals surface area contributed by atoms with Gasteiger partial charge in [-0.1, -0.05) is 105 Å². The Hall–Kier alpha value is -4.02. The molecule has 0 spiro atoms. The molecule has 0 aromatic heterocycles. The third kappa shape index (κ3) is 9.32. The maximum Gasteiger partial charge on any atom is 0.328 e. The van der Waals surface area contributed by atoms with E-state index < -0.39 is 24.3 Å². The minimum Gasteiger partial charge on any atom is -0.467 e. The average molecular weight is 656 g/mol. The lowest BCUT2D eigenvalue weighted by Gasteiger charge is -2.43. The Bertz CT molecular complexity index is 1460. The van der Waals surface area contributed by atoms with E-state index in [2.05, 4.69) is 29.0 Å². The van der Waals surface area contributed by atoms with Gasteiger partial charge in [0.15, 0.2) is 6.29 Å². The molecule has 5 atom stereocenters. The van der Waals surface area contributed by atoms with E-state index in [1.54, 1.807) is 0 Å². The predicted molar refractivity (Wildman–Crippen MR) is 185 cm³/mol. The smallest absolute Gasteiger partial charge is 0.328 e. The van der Waals surface area contributed by atoms with Crippen molar-refractivity contribution < 1.29 is 28.9 Å². The lowest BCUT2D eigenvalue weighted by atomic mass is 9.89. The number of esters is 1. The summed E-state index contributed by atoms with van der Waals surface area (Å²) in [7, 11) is 1.31. The summed E-state index contributed by atoms with van der Waals surface area (Å²) in [6, 6.07) is 24.6. The van der Waals surface area contributed by atoms with E-state index >= 15 is 0 Å². The number of carbonyl (C=O) groups excluding carboxylic acids is 2. The van der Waals surface area contributed by atoms with Crippen LogP contribution in [-0.2, 0) is 38.6 Å². The summed E-state index contributed by atoms with van der Waals surface area (Å²) in [5, 5.41) is 15.2. The fourth-order valence-corrected chi connectivity index (χ4v) is 6.74. The number of rotatable bonds is 14. The molecular formula is C39H49N3O6. The van der Waals surface area contributed by atoms with Crippen LogP contribution in [0.3, 0.4) is 0 Å². The van der Waals surface area contributed by atoms with E-state index in [4.69, 9.17) is 14.2 Å². The van der Waals surface area contributed by atoms with Crippen LogP contribution in [0.4, 0.5) is 4.79 Å². The number of nitrogens with one attached hydrogen (secondary N) is 2. The monoisotopic (exact) mass is 655 g/mol. The molecule has 5 rings (SSSR count). The van der Waals surface area contributed by atoms with Crippen LogP contribution < -0.4 is 10.6 Å². The highest BCUT2D eigenvalue weighted by molar-refractivity contribution is 5.83. The normalized spacial score (nSPS) is 21.8. The molecule has 3 N–H and O–H groups in total. The van der Waals surface area contributed by atoms with Crippen molar-refractivity contribution >= 4 is 12.0 Å². The number of nitrogens with zero attached hydrogens (tertiary/aromatic N) is 1. The van der Waals surface area contributed by atoms with Crippen molar-refractivity contribution in [2.45, 2.75) is 82.8 Å². The highest BCUT2D eigenvalue weighted by Gasteiger charge is 2.40. The molecule has 1 aliphatic heterocycles. The third-order valence-corrected chi connectivity index (χ3v) is 9.52. The average Bonchev–Trinajstić information content (AvgIpc) is 3.67. The van der Waals surface area contributed by atoms with E-state index in [1.807, 2.05) is 84.9 Å². The molecule has 1 heterocycles. The Kier molecular flexibility index (Phi) is 12.8. The lowest BCUT2D eigenvalue weighted by molar-refractivity contribution is -0.276. The van der Waals surface area contributed by atoms with Gasteiger partial charge in [0.2, 0.25) is 0 Å². The topological polar surface area (TPSA) is 109 Å². The Labute approximate surface area is 284 Å². The van der Waals surface area contributed by atoms with Crippen molar-refractivity contribution in [2.75, 3.05) is 20.2 Å². The molecule has 2 aliphatic rings. The SMILES string of the molecule is C=CCN(C[C@@H]1O[C@H](c2ccc(CNC(=O)N[C@@H](Cc3ccccc3)C(=O)OC)cc2)O[C@H](c2ccc(CO)cc2)[C@@H]1C)C1CCCC1. The molecule has 48 heavy (non-hydrogen) atoms. The number of hydrogen-bond donors (Lipinski definition) is 3. The molecule has 2 amide bonds. The zero-order valence-corrected chi connectivity index (χ0v) is 28.1. The Morgan fingerprint density at radius 1 is 0.958 bits per heavy atom. The second-order valence-corrected chi connectivity index (χ2v) is 12.8. The van der Waals surface area contributed by atoms with Gasteiger partial charge in [-0.15, -0.1) is 6.58 Å². The number of amides is 2. The van der Waals surface area contributed by atoms with E-state index in [-0.39, 0.29) is 31.3 Å². The minimum atomic E-state index is -0.806. The van der Waals surface area contributed by atoms with Crippen molar-refractivity contribution in [3.05, 3.63) is 119 Å². The maximum absolute atomic E-state index is 12.8. The molecule has 9 heteroatoms. The molecule has 1 aliphatic carbocycles. The van der Waals surface area contributed by atoms with Gasteiger partial charge in [0.25, 0.3) is 0 Å². The second-order valence-electron chi connectivity index (χ2n) is 12.8. The zero-order chi connectivity index (χ0) is 33.9. The summed E-state index contributed by atoms with van der Waals surface area (Å²) in [5.74, 6) is -0.412. The number of carbonyl (C=O) groups is 2. The predicted octanol–water partition coefficient (Wildman–Crippen LogP) is 5.98. The molecule has 256 valence electrons. The van der Waals surface area contributed by atoms with Crippen LogP contribution in [0.25, 0.3) is 0 Å². The van der Waals surface area contributed by atoms with Gasteiger partial charge in [-0.05, 0) is 35.1 Å². The summed E-state index contributed by atoms with van der Waals surface area (Å²) in [6.07, 6.45) is 6.38. The Morgan fingerprint density at radius 3 is 2.27 bits per heavy atom.